The van der Waals surface area contributed by atoms with Crippen molar-refractivity contribution in [2.24, 2.45) is 0 Å². The van der Waals surface area contributed by atoms with Crippen LogP contribution in [0.2, 0.25) is 0 Å². The Labute approximate surface area is 115 Å². The van der Waals surface area contributed by atoms with E-state index in [9.17, 15) is 4.39 Å². The van der Waals surface area contributed by atoms with E-state index in [1.807, 2.05) is 13.0 Å². The summed E-state index contributed by atoms with van der Waals surface area (Å²) in [7, 11) is 1.60. The molecule has 2 aromatic rings. The fraction of sp³-hybridized carbons (Fsp3) is 0.385. The average Bonchev–Trinajstić information content (AvgIpc) is 2.80. The summed E-state index contributed by atoms with van der Waals surface area (Å²) >= 11 is 1.27. The van der Waals surface area contributed by atoms with E-state index in [0.29, 0.717) is 23.1 Å². The van der Waals surface area contributed by atoms with Crippen molar-refractivity contribution in [3.05, 3.63) is 41.0 Å². The number of aryl methyl sites for hydroxylation is 1. The molecule has 1 atom stereocenters. The van der Waals surface area contributed by atoms with Gasteiger partial charge in [-0.2, -0.15) is 4.37 Å². The molecule has 1 aromatic heterocycles. The fourth-order valence-electron chi connectivity index (χ4n) is 1.65. The molecule has 1 heterocycles. The Morgan fingerprint density at radius 2 is 2.26 bits per heavy atom. The maximum absolute atomic E-state index is 13.5. The number of aromatic nitrogens is 2. The summed E-state index contributed by atoms with van der Waals surface area (Å²) < 4.78 is 22.6. The van der Waals surface area contributed by atoms with E-state index in [-0.39, 0.29) is 11.9 Å². The minimum Gasteiger partial charge on any atom is -0.377 e. The molecule has 19 heavy (non-hydrogen) atoms. The third-order valence-electron chi connectivity index (χ3n) is 2.78. The molecule has 6 heteroatoms. The highest BCUT2D eigenvalue weighted by molar-refractivity contribution is 7.09. The summed E-state index contributed by atoms with van der Waals surface area (Å²) in [6.45, 7) is 4.10. The van der Waals surface area contributed by atoms with Crippen LogP contribution in [0.15, 0.2) is 18.2 Å². The standard InChI is InChI=1S/C13H16FN3OS/c1-8-4-5-10(6-11(8)14)9(2)15-13-16-12(7-18-3)17-19-13/h4-6,9H,7H2,1-3H3,(H,15,16,17). The molecule has 0 aliphatic heterocycles. The summed E-state index contributed by atoms with van der Waals surface area (Å²) in [6.07, 6.45) is 0. The summed E-state index contributed by atoms with van der Waals surface area (Å²) in [5, 5.41) is 3.92. The van der Waals surface area contributed by atoms with E-state index in [0.717, 1.165) is 5.56 Å². The Kier molecular flexibility index (Phi) is 4.44. The van der Waals surface area contributed by atoms with Crippen LogP contribution >= 0.6 is 11.5 Å². The molecule has 1 unspecified atom stereocenters. The summed E-state index contributed by atoms with van der Waals surface area (Å²) in [5.41, 5.74) is 1.53. The van der Waals surface area contributed by atoms with Crippen molar-refractivity contribution in [1.29, 1.82) is 0 Å². The molecule has 4 nitrogen and oxygen atoms in total. The lowest BCUT2D eigenvalue weighted by atomic mass is 10.1. The highest BCUT2D eigenvalue weighted by atomic mass is 32.1. The summed E-state index contributed by atoms with van der Waals surface area (Å²) in [5.74, 6) is 0.459. The third kappa shape index (κ3) is 3.48. The average molecular weight is 281 g/mol. The number of hydrogen-bond acceptors (Lipinski definition) is 5. The van der Waals surface area contributed by atoms with Crippen molar-refractivity contribution >= 4 is 16.7 Å². The second-order valence-electron chi connectivity index (χ2n) is 4.32. The molecule has 0 saturated carbocycles. The summed E-state index contributed by atoms with van der Waals surface area (Å²) in [4.78, 5) is 4.28. The van der Waals surface area contributed by atoms with Crippen LogP contribution in [0.4, 0.5) is 9.52 Å². The van der Waals surface area contributed by atoms with Gasteiger partial charge in [0.25, 0.3) is 0 Å². The molecule has 0 bridgehead atoms. The number of nitrogens with one attached hydrogen (secondary N) is 1. The number of benzene rings is 1. The number of methoxy groups -OCH3 is 1. The number of rotatable bonds is 5. The second-order valence-corrected chi connectivity index (χ2v) is 5.08. The molecule has 2 rings (SSSR count). The number of halogens is 1. The third-order valence-corrected chi connectivity index (χ3v) is 3.46. The highest BCUT2D eigenvalue weighted by Crippen LogP contribution is 2.22. The normalized spacial score (nSPS) is 12.4. The van der Waals surface area contributed by atoms with Crippen molar-refractivity contribution in [3.8, 4) is 0 Å². The van der Waals surface area contributed by atoms with Gasteiger partial charge in [-0.25, -0.2) is 9.37 Å². The zero-order valence-electron chi connectivity index (χ0n) is 11.1. The molecular weight excluding hydrogens is 265 g/mol. The first-order valence-electron chi connectivity index (χ1n) is 5.94. The van der Waals surface area contributed by atoms with Crippen LogP contribution < -0.4 is 5.32 Å². The minimum atomic E-state index is -0.191. The maximum atomic E-state index is 13.5. The quantitative estimate of drug-likeness (QED) is 0.913. The van der Waals surface area contributed by atoms with E-state index < -0.39 is 0 Å². The Bertz CT molecular complexity index is 559. The summed E-state index contributed by atoms with van der Waals surface area (Å²) in [6, 6.07) is 5.20. The first kappa shape index (κ1) is 13.9. The number of anilines is 1. The van der Waals surface area contributed by atoms with E-state index in [2.05, 4.69) is 14.7 Å². The monoisotopic (exact) mass is 281 g/mol. The molecule has 0 amide bonds. The lowest BCUT2D eigenvalue weighted by Gasteiger charge is -2.13. The van der Waals surface area contributed by atoms with Crippen molar-refractivity contribution in [2.45, 2.75) is 26.5 Å². The Hall–Kier alpha value is -1.53. The van der Waals surface area contributed by atoms with Gasteiger partial charge in [0.05, 0.1) is 6.04 Å². The fourth-order valence-corrected chi connectivity index (χ4v) is 2.31. The van der Waals surface area contributed by atoms with Gasteiger partial charge >= 0.3 is 0 Å². The van der Waals surface area contributed by atoms with Crippen molar-refractivity contribution in [2.75, 3.05) is 12.4 Å². The second kappa shape index (κ2) is 6.08. The van der Waals surface area contributed by atoms with Gasteiger partial charge in [-0.15, -0.1) is 0 Å². The van der Waals surface area contributed by atoms with Crippen LogP contribution in [0, 0.1) is 12.7 Å². The van der Waals surface area contributed by atoms with Crippen LogP contribution in [0.3, 0.4) is 0 Å². The van der Waals surface area contributed by atoms with Gasteiger partial charge in [0.2, 0.25) is 5.13 Å². The van der Waals surface area contributed by atoms with E-state index >= 15 is 0 Å². The molecule has 0 aliphatic carbocycles. The van der Waals surface area contributed by atoms with Crippen LogP contribution in [0.1, 0.15) is 29.9 Å². The molecule has 0 saturated heterocycles. The molecular formula is C13H16FN3OS. The van der Waals surface area contributed by atoms with Gasteiger partial charge in [-0.1, -0.05) is 12.1 Å². The van der Waals surface area contributed by atoms with E-state index in [1.54, 1.807) is 26.2 Å². The van der Waals surface area contributed by atoms with Gasteiger partial charge in [0, 0.05) is 18.6 Å². The van der Waals surface area contributed by atoms with Crippen LogP contribution in [0.25, 0.3) is 0 Å². The van der Waals surface area contributed by atoms with Crippen molar-refractivity contribution in [1.82, 2.24) is 9.36 Å². The number of ether oxygens (including phenoxy) is 1. The van der Waals surface area contributed by atoms with Crippen LogP contribution in [-0.2, 0) is 11.3 Å². The molecule has 102 valence electrons. The number of hydrogen-bond donors (Lipinski definition) is 1. The van der Waals surface area contributed by atoms with Gasteiger partial charge in [0.15, 0.2) is 5.82 Å². The Morgan fingerprint density at radius 3 is 2.95 bits per heavy atom. The molecule has 0 radical (unpaired) electrons. The lowest BCUT2D eigenvalue weighted by molar-refractivity contribution is 0.179. The van der Waals surface area contributed by atoms with E-state index in [4.69, 9.17) is 4.74 Å². The Morgan fingerprint density at radius 1 is 1.47 bits per heavy atom. The predicted octanol–water partition coefficient (Wildman–Crippen LogP) is 3.31. The largest absolute Gasteiger partial charge is 0.377 e. The minimum absolute atomic E-state index is 0.0292. The van der Waals surface area contributed by atoms with Crippen molar-refractivity contribution in [3.63, 3.8) is 0 Å². The number of nitrogens with zero attached hydrogens (tertiary/aromatic N) is 2. The van der Waals surface area contributed by atoms with Crippen LogP contribution in [-0.4, -0.2) is 16.5 Å². The predicted molar refractivity (Wildman–Crippen MR) is 73.8 cm³/mol. The Balaban J connectivity index is 2.06. The highest BCUT2D eigenvalue weighted by Gasteiger charge is 2.10. The smallest absolute Gasteiger partial charge is 0.203 e. The molecule has 1 aromatic carbocycles. The van der Waals surface area contributed by atoms with Gasteiger partial charge in [0.1, 0.15) is 12.4 Å². The molecule has 0 spiro atoms. The molecule has 0 fully saturated rings. The van der Waals surface area contributed by atoms with E-state index in [1.165, 1.54) is 11.5 Å². The van der Waals surface area contributed by atoms with Gasteiger partial charge in [-0.3, -0.25) is 0 Å². The first-order valence-corrected chi connectivity index (χ1v) is 6.71. The zero-order valence-corrected chi connectivity index (χ0v) is 11.9. The topological polar surface area (TPSA) is 47.0 Å². The zero-order chi connectivity index (χ0) is 13.8. The SMILES string of the molecule is COCc1nsc(NC(C)c2ccc(C)c(F)c2)n1. The van der Waals surface area contributed by atoms with Crippen LogP contribution in [0.5, 0.6) is 0 Å². The van der Waals surface area contributed by atoms with Gasteiger partial charge in [-0.05, 0) is 31.0 Å². The van der Waals surface area contributed by atoms with Gasteiger partial charge < -0.3 is 10.1 Å². The molecule has 1 N–H and O–H groups in total. The first-order chi connectivity index (χ1) is 9.10. The van der Waals surface area contributed by atoms with Crippen molar-refractivity contribution < 1.29 is 9.13 Å². The maximum Gasteiger partial charge on any atom is 0.203 e. The molecule has 0 aliphatic rings. The lowest BCUT2D eigenvalue weighted by Crippen LogP contribution is -2.07.